The molecule has 4 rings (SSSR count). The second kappa shape index (κ2) is 7.75. The highest BCUT2D eigenvalue weighted by molar-refractivity contribution is 9.10. The van der Waals surface area contributed by atoms with E-state index >= 15 is 0 Å². The molecule has 2 aromatic carbocycles. The Balaban J connectivity index is 1.65. The number of nitrogens with zero attached hydrogens (tertiary/aromatic N) is 2. The van der Waals surface area contributed by atoms with Crippen LogP contribution >= 0.6 is 15.9 Å². The van der Waals surface area contributed by atoms with Crippen LogP contribution in [0.2, 0.25) is 0 Å². The van der Waals surface area contributed by atoms with Crippen molar-refractivity contribution in [3.8, 4) is 0 Å². The molecule has 1 heterocycles. The topological polar surface area (TPSA) is 61.8 Å². The van der Waals surface area contributed by atoms with Gasteiger partial charge in [-0.05, 0) is 87.1 Å². The second-order valence-electron chi connectivity index (χ2n) is 7.91. The predicted molar refractivity (Wildman–Crippen MR) is 120 cm³/mol. The minimum atomic E-state index is -0.217. The van der Waals surface area contributed by atoms with Gasteiger partial charge in [0, 0.05) is 15.9 Å². The number of aliphatic imine (C=N–C) groups is 1. The number of carbonyl (C=O) groups is 2. The third kappa shape index (κ3) is 3.86. The Morgan fingerprint density at radius 2 is 1.93 bits per heavy atom. The largest absolute Gasteiger partial charge is 0.325 e. The number of benzene rings is 2. The number of aryl methyl sites for hydroxylation is 3. The molecule has 0 bridgehead atoms. The lowest BCUT2D eigenvalue weighted by atomic mass is 10.0. The Hall–Kier alpha value is -2.47. The number of carbonyl (C=O) groups excluding carboxylic acids is 2. The summed E-state index contributed by atoms with van der Waals surface area (Å²) in [5, 5.41) is 2.92. The molecule has 0 spiro atoms. The van der Waals surface area contributed by atoms with Gasteiger partial charge in [-0.1, -0.05) is 15.9 Å². The van der Waals surface area contributed by atoms with Gasteiger partial charge in [0.15, 0.2) is 0 Å². The van der Waals surface area contributed by atoms with Crippen LogP contribution in [0.25, 0.3) is 0 Å². The second-order valence-corrected chi connectivity index (χ2v) is 8.76. The molecule has 2 aromatic rings. The van der Waals surface area contributed by atoms with Gasteiger partial charge in [-0.25, -0.2) is 0 Å². The fourth-order valence-electron chi connectivity index (χ4n) is 4.01. The van der Waals surface area contributed by atoms with E-state index in [9.17, 15) is 9.59 Å². The first-order chi connectivity index (χ1) is 13.8. The maximum absolute atomic E-state index is 13.3. The van der Waals surface area contributed by atoms with Gasteiger partial charge in [-0.2, -0.15) is 0 Å². The van der Waals surface area contributed by atoms with Gasteiger partial charge in [0.05, 0.1) is 17.3 Å². The quantitative estimate of drug-likeness (QED) is 0.690. The monoisotopic (exact) mass is 453 g/mol. The van der Waals surface area contributed by atoms with Crippen molar-refractivity contribution in [2.45, 2.75) is 40.0 Å². The SMILES string of the molecule is Cc1cc2c(cc1C)N(CC(=O)Nc1ccc(Br)c(C)c1)C(=O)C1CCCC1=N2. The third-order valence-corrected chi connectivity index (χ3v) is 6.67. The highest BCUT2D eigenvalue weighted by atomic mass is 79.9. The fourth-order valence-corrected chi connectivity index (χ4v) is 4.26. The zero-order chi connectivity index (χ0) is 20.7. The summed E-state index contributed by atoms with van der Waals surface area (Å²) >= 11 is 3.47. The molecule has 0 aromatic heterocycles. The minimum Gasteiger partial charge on any atom is -0.325 e. The van der Waals surface area contributed by atoms with Crippen LogP contribution in [0.3, 0.4) is 0 Å². The van der Waals surface area contributed by atoms with E-state index < -0.39 is 0 Å². The van der Waals surface area contributed by atoms with Crippen LogP contribution in [0, 0.1) is 26.7 Å². The van der Waals surface area contributed by atoms with E-state index in [-0.39, 0.29) is 24.3 Å². The van der Waals surface area contributed by atoms with Crippen molar-refractivity contribution < 1.29 is 9.59 Å². The number of halogens is 1. The summed E-state index contributed by atoms with van der Waals surface area (Å²) in [4.78, 5) is 32.6. The van der Waals surface area contributed by atoms with Gasteiger partial charge >= 0.3 is 0 Å². The smallest absolute Gasteiger partial charge is 0.244 e. The molecule has 1 aliphatic carbocycles. The molecule has 6 heteroatoms. The number of nitrogens with one attached hydrogen (secondary N) is 1. The highest BCUT2D eigenvalue weighted by Gasteiger charge is 2.37. The molecule has 0 radical (unpaired) electrons. The number of rotatable bonds is 3. The Kier molecular flexibility index (Phi) is 5.30. The molecule has 1 atom stereocenters. The van der Waals surface area contributed by atoms with E-state index in [4.69, 9.17) is 4.99 Å². The Morgan fingerprint density at radius 1 is 1.17 bits per heavy atom. The van der Waals surface area contributed by atoms with Crippen molar-refractivity contribution in [3.05, 3.63) is 51.5 Å². The minimum absolute atomic E-state index is 0.0228. The molecule has 150 valence electrons. The van der Waals surface area contributed by atoms with E-state index in [1.54, 1.807) is 4.90 Å². The lowest BCUT2D eigenvalue weighted by molar-refractivity contribution is -0.122. The number of hydrogen-bond donors (Lipinski definition) is 1. The Bertz CT molecular complexity index is 1040. The van der Waals surface area contributed by atoms with E-state index in [2.05, 4.69) is 21.2 Å². The number of amides is 2. The first kappa shape index (κ1) is 19.8. The van der Waals surface area contributed by atoms with Crippen LogP contribution in [0.4, 0.5) is 17.1 Å². The van der Waals surface area contributed by atoms with Crippen LogP contribution in [0.15, 0.2) is 39.8 Å². The van der Waals surface area contributed by atoms with Crippen LogP contribution in [0.5, 0.6) is 0 Å². The zero-order valence-electron chi connectivity index (χ0n) is 16.9. The standard InChI is InChI=1S/C23H24BrN3O2/c1-13-10-20-21(11-14(13)2)27(23(29)17-5-4-6-19(17)26-20)12-22(28)25-16-7-8-18(24)15(3)9-16/h7-11,17H,4-6,12H2,1-3H3,(H,25,28). The summed E-state index contributed by atoms with van der Waals surface area (Å²) in [5.41, 5.74) is 6.43. The van der Waals surface area contributed by atoms with Crippen molar-refractivity contribution in [2.24, 2.45) is 10.9 Å². The van der Waals surface area contributed by atoms with Crippen molar-refractivity contribution >= 4 is 50.5 Å². The van der Waals surface area contributed by atoms with Gasteiger partial charge in [0.2, 0.25) is 11.8 Å². The third-order valence-electron chi connectivity index (χ3n) is 5.78. The van der Waals surface area contributed by atoms with Crippen LogP contribution in [-0.2, 0) is 9.59 Å². The summed E-state index contributed by atoms with van der Waals surface area (Å²) < 4.78 is 0.990. The normalized spacial score (nSPS) is 18.1. The van der Waals surface area contributed by atoms with E-state index in [0.29, 0.717) is 0 Å². The van der Waals surface area contributed by atoms with Crippen molar-refractivity contribution in [3.63, 3.8) is 0 Å². The number of fused-ring (bicyclic) bond motifs is 2. The fraction of sp³-hybridized carbons (Fsp3) is 0.348. The van der Waals surface area contributed by atoms with E-state index in [1.165, 1.54) is 0 Å². The summed E-state index contributed by atoms with van der Waals surface area (Å²) in [6.45, 7) is 6.00. The average Bonchev–Trinajstić information content (AvgIpc) is 3.10. The molecule has 1 saturated carbocycles. The summed E-state index contributed by atoms with van der Waals surface area (Å²) in [5.74, 6) is -0.457. The predicted octanol–water partition coefficient (Wildman–Crippen LogP) is 5.23. The van der Waals surface area contributed by atoms with E-state index in [1.807, 2.05) is 51.1 Å². The van der Waals surface area contributed by atoms with E-state index in [0.717, 1.165) is 63.2 Å². The van der Waals surface area contributed by atoms with Crippen molar-refractivity contribution in [1.82, 2.24) is 0 Å². The van der Waals surface area contributed by atoms with Gasteiger partial charge < -0.3 is 10.2 Å². The van der Waals surface area contributed by atoms with Gasteiger partial charge in [-0.3, -0.25) is 14.6 Å². The average molecular weight is 454 g/mol. The van der Waals surface area contributed by atoms with Gasteiger partial charge in [0.1, 0.15) is 6.54 Å². The summed E-state index contributed by atoms with van der Waals surface area (Å²) in [7, 11) is 0. The highest BCUT2D eigenvalue weighted by Crippen LogP contribution is 2.39. The van der Waals surface area contributed by atoms with Crippen molar-refractivity contribution in [1.29, 1.82) is 0 Å². The zero-order valence-corrected chi connectivity index (χ0v) is 18.5. The molecule has 1 aliphatic heterocycles. The van der Waals surface area contributed by atoms with Gasteiger partial charge in [-0.15, -0.1) is 0 Å². The molecular formula is C23H24BrN3O2. The molecule has 2 aliphatic rings. The molecule has 0 saturated heterocycles. The molecule has 1 fully saturated rings. The van der Waals surface area contributed by atoms with Crippen LogP contribution in [0.1, 0.15) is 36.0 Å². The van der Waals surface area contributed by atoms with Gasteiger partial charge in [0.25, 0.3) is 0 Å². The molecular weight excluding hydrogens is 430 g/mol. The van der Waals surface area contributed by atoms with Crippen molar-refractivity contribution in [2.75, 3.05) is 16.8 Å². The molecule has 5 nitrogen and oxygen atoms in total. The Morgan fingerprint density at radius 3 is 2.69 bits per heavy atom. The lowest BCUT2D eigenvalue weighted by Crippen LogP contribution is -2.42. The maximum atomic E-state index is 13.3. The van der Waals surface area contributed by atoms with Crippen LogP contribution < -0.4 is 10.2 Å². The number of anilines is 2. The lowest BCUT2D eigenvalue weighted by Gasteiger charge is -2.25. The Labute approximate surface area is 179 Å². The first-order valence-electron chi connectivity index (χ1n) is 9.89. The molecule has 29 heavy (non-hydrogen) atoms. The summed E-state index contributed by atoms with van der Waals surface area (Å²) in [6, 6.07) is 9.66. The maximum Gasteiger partial charge on any atom is 0.244 e. The molecule has 1 N–H and O–H groups in total. The molecule has 2 amide bonds. The number of hydrogen-bond acceptors (Lipinski definition) is 3. The molecule has 1 unspecified atom stereocenters. The van der Waals surface area contributed by atoms with Crippen LogP contribution in [-0.4, -0.2) is 24.1 Å². The summed E-state index contributed by atoms with van der Waals surface area (Å²) in [6.07, 6.45) is 2.61. The first-order valence-corrected chi connectivity index (χ1v) is 10.7.